The molecule has 2 heteroatoms. The zero-order chi connectivity index (χ0) is 11.4. The first-order valence-electron chi connectivity index (χ1n) is 6.13. The van der Waals surface area contributed by atoms with Crippen molar-refractivity contribution in [2.45, 2.75) is 59.4 Å². The topological polar surface area (TPSA) is 17.8 Å². The van der Waals surface area contributed by atoms with E-state index >= 15 is 0 Å². The van der Waals surface area contributed by atoms with Crippen LogP contribution in [0.1, 0.15) is 65.1 Å². The molecule has 2 nitrogen and oxygen atoms in total. The molecule has 1 aromatic rings. The van der Waals surface area contributed by atoms with Crippen LogP contribution in [0.4, 0.5) is 0 Å². The van der Waals surface area contributed by atoms with Gasteiger partial charge in [-0.25, -0.2) is 4.98 Å². The molecule has 2 unspecified atom stereocenters. The average Bonchev–Trinajstić information content (AvgIpc) is 2.66. The fraction of sp³-hybridized carbons (Fsp3) is 0.769. The number of nitrogens with zero attached hydrogens (tertiary/aromatic N) is 2. The van der Waals surface area contributed by atoms with Crippen LogP contribution in [-0.4, -0.2) is 9.55 Å². The first kappa shape index (κ1) is 12.3. The van der Waals surface area contributed by atoms with Gasteiger partial charge >= 0.3 is 0 Å². The highest BCUT2D eigenvalue weighted by atomic mass is 15.1. The first-order valence-corrected chi connectivity index (χ1v) is 6.13. The summed E-state index contributed by atoms with van der Waals surface area (Å²) < 4.78 is 2.37. The lowest BCUT2D eigenvalue weighted by Crippen LogP contribution is -2.16. The van der Waals surface area contributed by atoms with E-state index in [1.807, 2.05) is 12.5 Å². The van der Waals surface area contributed by atoms with E-state index in [0.717, 1.165) is 0 Å². The highest BCUT2D eigenvalue weighted by Crippen LogP contribution is 2.27. The maximum Gasteiger partial charge on any atom is 0.0950 e. The Morgan fingerprint density at radius 2 is 1.87 bits per heavy atom. The minimum Gasteiger partial charge on any atom is -0.331 e. The van der Waals surface area contributed by atoms with Gasteiger partial charge in [0.15, 0.2) is 0 Å². The van der Waals surface area contributed by atoms with Gasteiger partial charge in [-0.05, 0) is 24.7 Å². The Morgan fingerprint density at radius 3 is 2.33 bits per heavy atom. The molecule has 0 radical (unpaired) electrons. The monoisotopic (exact) mass is 208 g/mol. The second-order valence-electron chi connectivity index (χ2n) is 4.75. The van der Waals surface area contributed by atoms with Crippen LogP contribution >= 0.6 is 0 Å². The fourth-order valence-corrected chi connectivity index (χ4v) is 2.17. The second kappa shape index (κ2) is 5.34. The lowest BCUT2D eigenvalue weighted by Gasteiger charge is -2.25. The fourth-order valence-electron chi connectivity index (χ4n) is 2.17. The van der Waals surface area contributed by atoms with Gasteiger partial charge in [-0.2, -0.15) is 0 Å². The highest BCUT2D eigenvalue weighted by Gasteiger charge is 2.18. The normalized spacial score (nSPS) is 15.6. The lowest BCUT2D eigenvalue weighted by atomic mass is 9.99. The van der Waals surface area contributed by atoms with Gasteiger partial charge in [0, 0.05) is 17.9 Å². The van der Waals surface area contributed by atoms with E-state index in [1.165, 1.54) is 18.5 Å². The summed E-state index contributed by atoms with van der Waals surface area (Å²) in [6.45, 7) is 11.3. The third kappa shape index (κ3) is 2.61. The molecular weight excluding hydrogens is 184 g/mol. The van der Waals surface area contributed by atoms with Crippen LogP contribution in [0.5, 0.6) is 0 Å². The molecule has 0 aliphatic heterocycles. The van der Waals surface area contributed by atoms with Gasteiger partial charge in [-0.3, -0.25) is 0 Å². The Morgan fingerprint density at radius 1 is 1.20 bits per heavy atom. The van der Waals surface area contributed by atoms with E-state index < -0.39 is 0 Å². The third-order valence-corrected chi connectivity index (χ3v) is 3.36. The van der Waals surface area contributed by atoms with Crippen molar-refractivity contribution in [1.82, 2.24) is 9.55 Å². The number of aromatic nitrogens is 2. The van der Waals surface area contributed by atoms with Gasteiger partial charge in [0.2, 0.25) is 0 Å². The Labute approximate surface area is 93.7 Å². The summed E-state index contributed by atoms with van der Waals surface area (Å²) in [6.07, 6.45) is 6.38. The number of hydrogen-bond donors (Lipinski definition) is 0. The van der Waals surface area contributed by atoms with Crippen LogP contribution in [0.3, 0.4) is 0 Å². The molecule has 0 bridgehead atoms. The van der Waals surface area contributed by atoms with Gasteiger partial charge in [-0.1, -0.05) is 34.6 Å². The van der Waals surface area contributed by atoms with Crippen LogP contribution < -0.4 is 0 Å². The zero-order valence-corrected chi connectivity index (χ0v) is 10.7. The Hall–Kier alpha value is -0.790. The maximum absolute atomic E-state index is 4.31. The maximum atomic E-state index is 4.31. The average molecular weight is 208 g/mol. The molecule has 0 aromatic carbocycles. The Balaban J connectivity index is 2.97. The molecule has 1 rings (SSSR count). The van der Waals surface area contributed by atoms with Crippen molar-refractivity contribution in [2.75, 3.05) is 0 Å². The SMILES string of the molecule is CCC(C)c1cncn1C(CC)C(C)C. The predicted molar refractivity (Wildman–Crippen MR) is 65.1 cm³/mol. The van der Waals surface area contributed by atoms with E-state index in [-0.39, 0.29) is 0 Å². The quantitative estimate of drug-likeness (QED) is 0.715. The Kier molecular flexibility index (Phi) is 4.37. The molecule has 86 valence electrons. The molecule has 0 saturated carbocycles. The molecule has 0 amide bonds. The molecule has 2 atom stereocenters. The van der Waals surface area contributed by atoms with Crippen LogP contribution in [0.2, 0.25) is 0 Å². The van der Waals surface area contributed by atoms with Crippen LogP contribution in [0.25, 0.3) is 0 Å². The van der Waals surface area contributed by atoms with Gasteiger partial charge in [-0.15, -0.1) is 0 Å². The zero-order valence-electron chi connectivity index (χ0n) is 10.7. The number of imidazole rings is 1. The van der Waals surface area contributed by atoms with Crippen molar-refractivity contribution in [1.29, 1.82) is 0 Å². The summed E-state index contributed by atoms with van der Waals surface area (Å²) >= 11 is 0. The highest BCUT2D eigenvalue weighted by molar-refractivity contribution is 5.06. The summed E-state index contributed by atoms with van der Waals surface area (Å²) in [7, 11) is 0. The summed E-state index contributed by atoms with van der Waals surface area (Å²) in [5.41, 5.74) is 1.39. The molecule has 0 fully saturated rings. The second-order valence-corrected chi connectivity index (χ2v) is 4.75. The van der Waals surface area contributed by atoms with E-state index in [2.05, 4.69) is 44.2 Å². The molecule has 0 N–H and O–H groups in total. The van der Waals surface area contributed by atoms with Gasteiger partial charge in [0.1, 0.15) is 0 Å². The molecule has 15 heavy (non-hydrogen) atoms. The molecule has 0 aliphatic carbocycles. The molecule has 1 aromatic heterocycles. The van der Waals surface area contributed by atoms with Gasteiger partial charge in [0.25, 0.3) is 0 Å². The summed E-state index contributed by atoms with van der Waals surface area (Å²) in [4.78, 5) is 4.31. The minimum atomic E-state index is 0.594. The largest absolute Gasteiger partial charge is 0.331 e. The summed E-state index contributed by atoms with van der Waals surface area (Å²) in [6, 6.07) is 0.594. The molecule has 0 spiro atoms. The van der Waals surface area contributed by atoms with E-state index in [9.17, 15) is 0 Å². The molecule has 0 saturated heterocycles. The molecule has 0 aliphatic rings. The minimum absolute atomic E-state index is 0.594. The van der Waals surface area contributed by atoms with Crippen molar-refractivity contribution in [3.05, 3.63) is 18.2 Å². The van der Waals surface area contributed by atoms with Crippen molar-refractivity contribution in [2.24, 2.45) is 5.92 Å². The predicted octanol–water partition coefficient (Wildman–Crippen LogP) is 4.00. The van der Waals surface area contributed by atoms with E-state index in [0.29, 0.717) is 17.9 Å². The van der Waals surface area contributed by atoms with E-state index in [4.69, 9.17) is 0 Å². The van der Waals surface area contributed by atoms with Crippen molar-refractivity contribution in [3.8, 4) is 0 Å². The summed E-state index contributed by atoms with van der Waals surface area (Å²) in [5.74, 6) is 1.28. The molecular formula is C13H24N2. The lowest BCUT2D eigenvalue weighted by molar-refractivity contribution is 0.352. The third-order valence-electron chi connectivity index (χ3n) is 3.36. The van der Waals surface area contributed by atoms with Crippen molar-refractivity contribution in [3.63, 3.8) is 0 Å². The smallest absolute Gasteiger partial charge is 0.0950 e. The van der Waals surface area contributed by atoms with Crippen LogP contribution in [-0.2, 0) is 0 Å². The van der Waals surface area contributed by atoms with Crippen molar-refractivity contribution < 1.29 is 0 Å². The Bertz CT molecular complexity index is 288. The standard InChI is InChI=1S/C13H24N2/c1-6-11(5)13-8-14-9-15(13)12(7-2)10(3)4/h8-12H,6-7H2,1-5H3. The van der Waals surface area contributed by atoms with Crippen LogP contribution in [0.15, 0.2) is 12.5 Å². The van der Waals surface area contributed by atoms with E-state index in [1.54, 1.807) is 0 Å². The van der Waals surface area contributed by atoms with Crippen molar-refractivity contribution >= 4 is 0 Å². The van der Waals surface area contributed by atoms with Gasteiger partial charge in [0.05, 0.1) is 6.33 Å². The summed E-state index contributed by atoms with van der Waals surface area (Å²) in [5, 5.41) is 0. The van der Waals surface area contributed by atoms with Gasteiger partial charge < -0.3 is 4.57 Å². The number of hydrogen-bond acceptors (Lipinski definition) is 1. The first-order chi connectivity index (χ1) is 7.11. The number of rotatable bonds is 5. The van der Waals surface area contributed by atoms with Crippen LogP contribution in [0, 0.1) is 5.92 Å². The molecule has 1 heterocycles.